The number of piperidine rings is 1. The zero-order chi connectivity index (χ0) is 16.4. The number of carbonyl (C=O) groups is 2. The number of aliphatic carboxylic acids is 1. The summed E-state index contributed by atoms with van der Waals surface area (Å²) >= 11 is 1.31. The second kappa shape index (κ2) is 6.45. The smallest absolute Gasteiger partial charge is 0.308 e. The maximum Gasteiger partial charge on any atom is 0.308 e. The molecule has 0 aliphatic carbocycles. The molecule has 5 nitrogen and oxygen atoms in total. The van der Waals surface area contributed by atoms with Gasteiger partial charge in [0.1, 0.15) is 16.5 Å². The van der Waals surface area contributed by atoms with Crippen LogP contribution in [0, 0.1) is 11.7 Å². The number of hydrogen-bond donors (Lipinski definition) is 1. The van der Waals surface area contributed by atoms with Crippen molar-refractivity contribution in [2.75, 3.05) is 13.1 Å². The highest BCUT2D eigenvalue weighted by molar-refractivity contribution is 7.13. The van der Waals surface area contributed by atoms with Crippen LogP contribution in [0.5, 0.6) is 0 Å². The first-order valence-electron chi connectivity index (χ1n) is 7.28. The lowest BCUT2D eigenvalue weighted by molar-refractivity contribution is -0.143. The number of thiazole rings is 1. The van der Waals surface area contributed by atoms with E-state index in [2.05, 4.69) is 4.98 Å². The number of carbonyl (C=O) groups excluding carboxylic acids is 1. The third-order valence-electron chi connectivity index (χ3n) is 3.87. The Kier molecular flexibility index (Phi) is 4.38. The molecule has 1 saturated heterocycles. The number of benzene rings is 1. The van der Waals surface area contributed by atoms with Crippen LogP contribution >= 0.6 is 11.3 Å². The van der Waals surface area contributed by atoms with Gasteiger partial charge in [0.15, 0.2) is 0 Å². The van der Waals surface area contributed by atoms with Crippen LogP contribution in [0.25, 0.3) is 10.6 Å². The lowest BCUT2D eigenvalue weighted by atomic mass is 9.98. The average molecular weight is 334 g/mol. The summed E-state index contributed by atoms with van der Waals surface area (Å²) in [5, 5.41) is 11.4. The summed E-state index contributed by atoms with van der Waals surface area (Å²) in [7, 11) is 0. The lowest BCUT2D eigenvalue weighted by Gasteiger charge is -2.30. The molecule has 7 heteroatoms. The molecule has 2 heterocycles. The molecule has 0 saturated carbocycles. The van der Waals surface area contributed by atoms with E-state index in [0.29, 0.717) is 30.1 Å². The molecule has 1 aliphatic rings. The SMILES string of the molecule is O=C(O)C1CCCN(C(=O)c2csc(-c3ccc(F)cc3)n2)C1. The van der Waals surface area contributed by atoms with Gasteiger partial charge in [-0.05, 0) is 37.1 Å². The van der Waals surface area contributed by atoms with Crippen LogP contribution in [0.3, 0.4) is 0 Å². The Morgan fingerprint density at radius 1 is 1.30 bits per heavy atom. The molecular formula is C16H15FN2O3S. The van der Waals surface area contributed by atoms with Crippen LogP contribution in [-0.2, 0) is 4.79 Å². The van der Waals surface area contributed by atoms with Gasteiger partial charge in [-0.2, -0.15) is 0 Å². The molecule has 0 radical (unpaired) electrons. The Hall–Kier alpha value is -2.28. The molecule has 1 unspecified atom stereocenters. The number of carboxylic acid groups (broad SMARTS) is 1. The predicted molar refractivity (Wildman–Crippen MR) is 83.8 cm³/mol. The highest BCUT2D eigenvalue weighted by atomic mass is 32.1. The van der Waals surface area contributed by atoms with E-state index >= 15 is 0 Å². The van der Waals surface area contributed by atoms with Crippen LogP contribution in [0.1, 0.15) is 23.3 Å². The van der Waals surface area contributed by atoms with Crippen LogP contribution in [0.2, 0.25) is 0 Å². The Morgan fingerprint density at radius 2 is 2.04 bits per heavy atom. The molecule has 1 aromatic carbocycles. The Labute approximate surface area is 136 Å². The summed E-state index contributed by atoms with van der Waals surface area (Å²) in [6.45, 7) is 0.767. The van der Waals surface area contributed by atoms with E-state index in [1.807, 2.05) is 0 Å². The fraction of sp³-hybridized carbons (Fsp3) is 0.312. The number of rotatable bonds is 3. The van der Waals surface area contributed by atoms with Gasteiger partial charge in [-0.25, -0.2) is 9.37 Å². The van der Waals surface area contributed by atoms with Gasteiger partial charge >= 0.3 is 5.97 Å². The van der Waals surface area contributed by atoms with Gasteiger partial charge in [-0.3, -0.25) is 9.59 Å². The molecule has 0 spiro atoms. The van der Waals surface area contributed by atoms with E-state index in [1.165, 1.54) is 23.5 Å². The first-order chi connectivity index (χ1) is 11.0. The predicted octanol–water partition coefficient (Wildman–Crippen LogP) is 2.89. The van der Waals surface area contributed by atoms with Crippen LogP contribution < -0.4 is 0 Å². The zero-order valence-corrected chi connectivity index (χ0v) is 13.1. The standard InChI is InChI=1S/C16H15FN2O3S/c17-12-5-3-10(4-6-12)14-18-13(9-23-14)15(20)19-7-1-2-11(8-19)16(21)22/h3-6,9,11H,1-2,7-8H2,(H,21,22). The normalized spacial score (nSPS) is 18.0. The van der Waals surface area contributed by atoms with E-state index < -0.39 is 11.9 Å². The summed E-state index contributed by atoms with van der Waals surface area (Å²) in [5.74, 6) is -1.95. The number of halogens is 1. The lowest BCUT2D eigenvalue weighted by Crippen LogP contribution is -2.42. The third-order valence-corrected chi connectivity index (χ3v) is 4.76. The quantitative estimate of drug-likeness (QED) is 0.937. The van der Waals surface area contributed by atoms with Crippen molar-refractivity contribution in [2.45, 2.75) is 12.8 Å². The van der Waals surface area contributed by atoms with Crippen molar-refractivity contribution in [3.05, 3.63) is 41.2 Å². The molecule has 23 heavy (non-hydrogen) atoms. The number of hydrogen-bond acceptors (Lipinski definition) is 4. The number of likely N-dealkylation sites (tertiary alicyclic amines) is 1. The molecule has 2 aromatic rings. The van der Waals surface area contributed by atoms with Gasteiger partial charge in [0.25, 0.3) is 5.91 Å². The van der Waals surface area contributed by atoms with Crippen LogP contribution in [0.4, 0.5) is 4.39 Å². The molecule has 3 rings (SSSR count). The number of nitrogens with zero attached hydrogens (tertiary/aromatic N) is 2. The summed E-state index contributed by atoms with van der Waals surface area (Å²) in [5.41, 5.74) is 1.05. The second-order valence-corrected chi connectivity index (χ2v) is 6.33. The van der Waals surface area contributed by atoms with Gasteiger partial charge in [0, 0.05) is 24.0 Å². The van der Waals surface area contributed by atoms with Crippen molar-refractivity contribution < 1.29 is 19.1 Å². The molecule has 0 bridgehead atoms. The Bertz CT molecular complexity index is 729. The highest BCUT2D eigenvalue weighted by Gasteiger charge is 2.29. The van der Waals surface area contributed by atoms with Crippen molar-refractivity contribution in [1.82, 2.24) is 9.88 Å². The molecule has 1 amide bonds. The number of carboxylic acids is 1. The molecule has 1 aliphatic heterocycles. The fourth-order valence-corrected chi connectivity index (χ4v) is 3.42. The number of aromatic nitrogens is 1. The van der Waals surface area contributed by atoms with Crippen molar-refractivity contribution in [2.24, 2.45) is 5.92 Å². The molecule has 1 N–H and O–H groups in total. The van der Waals surface area contributed by atoms with Crippen molar-refractivity contribution in [3.63, 3.8) is 0 Å². The Balaban J connectivity index is 1.75. The van der Waals surface area contributed by atoms with E-state index in [9.17, 15) is 14.0 Å². The summed E-state index contributed by atoms with van der Waals surface area (Å²) < 4.78 is 13.0. The van der Waals surface area contributed by atoms with E-state index in [0.717, 1.165) is 5.56 Å². The number of amides is 1. The Morgan fingerprint density at radius 3 is 2.74 bits per heavy atom. The summed E-state index contributed by atoms with van der Waals surface area (Å²) in [6.07, 6.45) is 1.27. The fourth-order valence-electron chi connectivity index (χ4n) is 2.62. The average Bonchev–Trinajstić information content (AvgIpc) is 3.05. The topological polar surface area (TPSA) is 70.5 Å². The van der Waals surface area contributed by atoms with Gasteiger partial charge in [-0.15, -0.1) is 11.3 Å². The second-order valence-electron chi connectivity index (χ2n) is 5.47. The van der Waals surface area contributed by atoms with Crippen LogP contribution in [0.15, 0.2) is 29.6 Å². The maximum absolute atomic E-state index is 13.0. The minimum atomic E-state index is -0.868. The monoisotopic (exact) mass is 334 g/mol. The minimum Gasteiger partial charge on any atom is -0.481 e. The van der Waals surface area contributed by atoms with Crippen molar-refractivity contribution in [3.8, 4) is 10.6 Å². The van der Waals surface area contributed by atoms with Gasteiger partial charge in [0.2, 0.25) is 0 Å². The van der Waals surface area contributed by atoms with Gasteiger partial charge < -0.3 is 10.0 Å². The first kappa shape index (κ1) is 15.6. The first-order valence-corrected chi connectivity index (χ1v) is 8.16. The third kappa shape index (κ3) is 3.39. The molecular weight excluding hydrogens is 319 g/mol. The van der Waals surface area contributed by atoms with Gasteiger partial charge in [0.05, 0.1) is 5.92 Å². The minimum absolute atomic E-state index is 0.220. The van der Waals surface area contributed by atoms with Gasteiger partial charge in [-0.1, -0.05) is 0 Å². The zero-order valence-electron chi connectivity index (χ0n) is 12.2. The molecule has 1 atom stereocenters. The molecule has 1 aromatic heterocycles. The van der Waals surface area contributed by atoms with E-state index in [-0.39, 0.29) is 18.3 Å². The molecule has 1 fully saturated rings. The highest BCUT2D eigenvalue weighted by Crippen LogP contribution is 2.25. The van der Waals surface area contributed by atoms with Crippen molar-refractivity contribution in [1.29, 1.82) is 0 Å². The van der Waals surface area contributed by atoms with E-state index in [1.54, 1.807) is 22.4 Å². The largest absolute Gasteiger partial charge is 0.481 e. The van der Waals surface area contributed by atoms with Crippen LogP contribution in [-0.4, -0.2) is 40.0 Å². The molecule has 120 valence electrons. The van der Waals surface area contributed by atoms with Crippen molar-refractivity contribution >= 4 is 23.2 Å². The summed E-state index contributed by atoms with van der Waals surface area (Å²) in [6, 6.07) is 5.92. The van der Waals surface area contributed by atoms with E-state index in [4.69, 9.17) is 5.11 Å². The summed E-state index contributed by atoms with van der Waals surface area (Å²) in [4.78, 5) is 29.4. The maximum atomic E-state index is 13.0.